The number of ether oxygens (including phenoxy) is 1. The van der Waals surface area contributed by atoms with Gasteiger partial charge in [-0.3, -0.25) is 0 Å². The Balaban J connectivity index is 2.48. The summed E-state index contributed by atoms with van der Waals surface area (Å²) in [6.45, 7) is 5.93. The first kappa shape index (κ1) is 12.3. The third kappa shape index (κ3) is 3.68. The highest BCUT2D eigenvalue weighted by Crippen LogP contribution is 2.15. The van der Waals surface area contributed by atoms with E-state index < -0.39 is 23.9 Å². The van der Waals surface area contributed by atoms with Crippen LogP contribution in [0.25, 0.3) is 0 Å². The van der Waals surface area contributed by atoms with Crippen molar-refractivity contribution in [2.45, 2.75) is 45.0 Å². The van der Waals surface area contributed by atoms with Crippen molar-refractivity contribution in [3.63, 3.8) is 0 Å². The molecule has 1 aliphatic rings. The second-order valence-electron chi connectivity index (χ2n) is 4.85. The largest absolute Gasteiger partial charge is 0.444 e. The molecule has 0 radical (unpaired) electrons. The smallest absolute Gasteiger partial charge is 0.410 e. The standard InChI is InChI=1S/C10H19NO4/c1-10(2,3)15-9(14)11-5-4-7(12)8(13)6-11/h7-8,12-13H,4-6H2,1-3H3/t7-,8?/m0/s1. The Morgan fingerprint density at radius 3 is 2.40 bits per heavy atom. The molecule has 0 aromatic carbocycles. The van der Waals surface area contributed by atoms with Gasteiger partial charge in [-0.15, -0.1) is 0 Å². The molecule has 1 aliphatic heterocycles. The molecule has 1 fully saturated rings. The summed E-state index contributed by atoms with van der Waals surface area (Å²) >= 11 is 0. The SMILES string of the molecule is CC(C)(C)OC(=O)N1CC[C@H](O)C(O)C1. The number of β-amino-alcohol motifs (C(OH)–C–C–N with tert-alkyl or cyclic N) is 1. The topological polar surface area (TPSA) is 70.0 Å². The lowest BCUT2D eigenvalue weighted by atomic mass is 10.1. The Hall–Kier alpha value is -0.810. The van der Waals surface area contributed by atoms with Gasteiger partial charge in [-0.05, 0) is 27.2 Å². The Kier molecular flexibility index (Phi) is 3.57. The maximum Gasteiger partial charge on any atom is 0.410 e. The second kappa shape index (κ2) is 4.37. The molecular weight excluding hydrogens is 198 g/mol. The van der Waals surface area contributed by atoms with E-state index in [1.54, 1.807) is 20.8 Å². The van der Waals surface area contributed by atoms with E-state index in [1.807, 2.05) is 0 Å². The van der Waals surface area contributed by atoms with Crippen molar-refractivity contribution in [1.82, 2.24) is 4.90 Å². The number of rotatable bonds is 0. The summed E-state index contributed by atoms with van der Waals surface area (Å²) in [6.07, 6.45) is -1.65. The van der Waals surface area contributed by atoms with Crippen LogP contribution in [0.3, 0.4) is 0 Å². The van der Waals surface area contributed by atoms with Gasteiger partial charge < -0.3 is 19.8 Å². The van der Waals surface area contributed by atoms with Gasteiger partial charge in [0.1, 0.15) is 5.60 Å². The zero-order valence-corrected chi connectivity index (χ0v) is 9.43. The number of likely N-dealkylation sites (tertiary alicyclic amines) is 1. The van der Waals surface area contributed by atoms with Gasteiger partial charge in [0.2, 0.25) is 0 Å². The quantitative estimate of drug-likeness (QED) is 0.614. The lowest BCUT2D eigenvalue weighted by molar-refractivity contribution is -0.0468. The maximum atomic E-state index is 11.6. The molecule has 0 aromatic rings. The molecule has 1 unspecified atom stereocenters. The molecule has 2 N–H and O–H groups in total. The molecule has 2 atom stereocenters. The van der Waals surface area contributed by atoms with Gasteiger partial charge in [0.05, 0.1) is 18.8 Å². The molecule has 0 spiro atoms. The van der Waals surface area contributed by atoms with Gasteiger partial charge in [-0.1, -0.05) is 0 Å². The van der Waals surface area contributed by atoms with Gasteiger partial charge >= 0.3 is 6.09 Å². The van der Waals surface area contributed by atoms with E-state index in [0.29, 0.717) is 13.0 Å². The highest BCUT2D eigenvalue weighted by molar-refractivity contribution is 5.68. The van der Waals surface area contributed by atoms with Crippen LogP contribution in [-0.4, -0.2) is 52.1 Å². The number of aliphatic hydroxyl groups is 2. The van der Waals surface area contributed by atoms with Crippen LogP contribution in [0.5, 0.6) is 0 Å². The number of amides is 1. The first-order valence-electron chi connectivity index (χ1n) is 5.13. The predicted molar refractivity (Wildman–Crippen MR) is 54.4 cm³/mol. The van der Waals surface area contributed by atoms with Crippen LogP contribution in [0.4, 0.5) is 4.79 Å². The minimum atomic E-state index is -0.869. The summed E-state index contributed by atoms with van der Waals surface area (Å²) in [5.41, 5.74) is -0.530. The zero-order valence-electron chi connectivity index (χ0n) is 9.43. The van der Waals surface area contributed by atoms with E-state index in [-0.39, 0.29) is 6.54 Å². The number of carbonyl (C=O) groups excluding carboxylic acids is 1. The van der Waals surface area contributed by atoms with Gasteiger partial charge in [0.25, 0.3) is 0 Å². The lowest BCUT2D eigenvalue weighted by Crippen LogP contribution is -2.50. The zero-order chi connectivity index (χ0) is 11.6. The molecule has 0 bridgehead atoms. The fourth-order valence-electron chi connectivity index (χ4n) is 1.41. The Bertz CT molecular complexity index is 236. The molecule has 0 saturated carbocycles. The van der Waals surface area contributed by atoms with Gasteiger partial charge in [0, 0.05) is 6.54 Å². The summed E-state index contributed by atoms with van der Waals surface area (Å²) < 4.78 is 5.15. The molecular formula is C10H19NO4. The molecule has 1 amide bonds. The lowest BCUT2D eigenvalue weighted by Gasteiger charge is -2.34. The molecule has 0 aliphatic carbocycles. The van der Waals surface area contributed by atoms with Gasteiger partial charge in [-0.25, -0.2) is 4.79 Å². The van der Waals surface area contributed by atoms with Crippen molar-refractivity contribution in [2.75, 3.05) is 13.1 Å². The fourth-order valence-corrected chi connectivity index (χ4v) is 1.41. The van der Waals surface area contributed by atoms with Crippen LogP contribution in [0, 0.1) is 0 Å². The van der Waals surface area contributed by atoms with Crippen LogP contribution < -0.4 is 0 Å². The minimum absolute atomic E-state index is 0.135. The highest BCUT2D eigenvalue weighted by Gasteiger charge is 2.31. The van der Waals surface area contributed by atoms with E-state index in [9.17, 15) is 15.0 Å². The third-order valence-corrected chi connectivity index (χ3v) is 2.20. The first-order chi connectivity index (χ1) is 6.79. The summed E-state index contributed by atoms with van der Waals surface area (Å²) in [5.74, 6) is 0. The van der Waals surface area contributed by atoms with Crippen LogP contribution in [0.2, 0.25) is 0 Å². The highest BCUT2D eigenvalue weighted by atomic mass is 16.6. The van der Waals surface area contributed by atoms with Gasteiger partial charge in [-0.2, -0.15) is 0 Å². The van der Waals surface area contributed by atoms with Crippen molar-refractivity contribution >= 4 is 6.09 Å². The van der Waals surface area contributed by atoms with E-state index in [0.717, 1.165) is 0 Å². The predicted octanol–water partition coefficient (Wildman–Crippen LogP) is 0.349. The molecule has 1 saturated heterocycles. The van der Waals surface area contributed by atoms with Crippen molar-refractivity contribution in [3.8, 4) is 0 Å². The third-order valence-electron chi connectivity index (χ3n) is 2.20. The van der Waals surface area contributed by atoms with Crippen LogP contribution in [0.15, 0.2) is 0 Å². The van der Waals surface area contributed by atoms with Crippen molar-refractivity contribution in [2.24, 2.45) is 0 Å². The van der Waals surface area contributed by atoms with Crippen LogP contribution in [0.1, 0.15) is 27.2 Å². The Labute approximate surface area is 89.6 Å². The number of carbonyl (C=O) groups is 1. The number of aliphatic hydroxyl groups excluding tert-OH is 2. The van der Waals surface area contributed by atoms with E-state index in [1.165, 1.54) is 4.90 Å². The monoisotopic (exact) mass is 217 g/mol. The Morgan fingerprint density at radius 1 is 1.33 bits per heavy atom. The summed E-state index contributed by atoms with van der Waals surface area (Å²) in [7, 11) is 0. The molecule has 88 valence electrons. The van der Waals surface area contributed by atoms with Crippen LogP contribution in [-0.2, 0) is 4.74 Å². The number of nitrogens with zero attached hydrogens (tertiary/aromatic N) is 1. The summed E-state index contributed by atoms with van der Waals surface area (Å²) in [4.78, 5) is 13.0. The number of piperidine rings is 1. The van der Waals surface area contributed by atoms with E-state index in [2.05, 4.69) is 0 Å². The normalized spacial score (nSPS) is 27.7. The van der Waals surface area contributed by atoms with Crippen molar-refractivity contribution < 1.29 is 19.7 Å². The van der Waals surface area contributed by atoms with Crippen molar-refractivity contribution in [1.29, 1.82) is 0 Å². The Morgan fingerprint density at radius 2 is 1.93 bits per heavy atom. The molecule has 0 aromatic heterocycles. The van der Waals surface area contributed by atoms with Gasteiger partial charge in [0.15, 0.2) is 0 Å². The van der Waals surface area contributed by atoms with Crippen LogP contribution >= 0.6 is 0 Å². The number of hydrogen-bond acceptors (Lipinski definition) is 4. The first-order valence-corrected chi connectivity index (χ1v) is 5.13. The molecule has 5 nitrogen and oxygen atoms in total. The fraction of sp³-hybridized carbons (Fsp3) is 0.900. The summed E-state index contributed by atoms with van der Waals surface area (Å²) in [6, 6.07) is 0. The molecule has 5 heteroatoms. The molecule has 1 heterocycles. The summed E-state index contributed by atoms with van der Waals surface area (Å²) in [5, 5.41) is 18.7. The molecule has 15 heavy (non-hydrogen) atoms. The average Bonchev–Trinajstić information content (AvgIpc) is 2.06. The number of hydrogen-bond donors (Lipinski definition) is 2. The van der Waals surface area contributed by atoms with Crippen molar-refractivity contribution in [3.05, 3.63) is 0 Å². The second-order valence-corrected chi connectivity index (χ2v) is 4.85. The minimum Gasteiger partial charge on any atom is -0.444 e. The van der Waals surface area contributed by atoms with E-state index in [4.69, 9.17) is 4.74 Å². The van der Waals surface area contributed by atoms with E-state index >= 15 is 0 Å². The molecule has 1 rings (SSSR count). The maximum absolute atomic E-state index is 11.6. The average molecular weight is 217 g/mol.